The Morgan fingerprint density at radius 1 is 1.43 bits per heavy atom. The lowest BCUT2D eigenvalue weighted by Gasteiger charge is -2.32. The maximum atomic E-state index is 12.3. The van der Waals surface area contributed by atoms with Crippen molar-refractivity contribution in [3.8, 4) is 0 Å². The first kappa shape index (κ1) is 15.5. The average molecular weight is 314 g/mol. The summed E-state index contributed by atoms with van der Waals surface area (Å²) in [5, 5.41) is 11.1. The Bertz CT molecular complexity index is 641. The SMILES string of the molecule is Cn1cnnc1[C@H]1CCCN(C(=O)NCCc2ccccn2)C1. The Labute approximate surface area is 135 Å². The molecule has 1 fully saturated rings. The van der Waals surface area contributed by atoms with Crippen LogP contribution in [-0.2, 0) is 13.5 Å². The zero-order chi connectivity index (χ0) is 16.1. The molecule has 0 aliphatic carbocycles. The quantitative estimate of drug-likeness (QED) is 0.924. The molecule has 3 heterocycles. The van der Waals surface area contributed by atoms with Crippen LogP contribution in [-0.4, -0.2) is 50.3 Å². The van der Waals surface area contributed by atoms with Crippen molar-refractivity contribution in [2.45, 2.75) is 25.2 Å². The van der Waals surface area contributed by atoms with E-state index >= 15 is 0 Å². The number of hydrogen-bond acceptors (Lipinski definition) is 4. The zero-order valence-electron chi connectivity index (χ0n) is 13.4. The van der Waals surface area contributed by atoms with Crippen LogP contribution in [0.4, 0.5) is 4.79 Å². The number of carbonyl (C=O) groups is 1. The van der Waals surface area contributed by atoms with Crippen molar-refractivity contribution in [2.24, 2.45) is 7.05 Å². The maximum Gasteiger partial charge on any atom is 0.317 e. The third-order valence-corrected chi connectivity index (χ3v) is 4.20. The first-order valence-corrected chi connectivity index (χ1v) is 8.00. The minimum absolute atomic E-state index is 0.00667. The van der Waals surface area contributed by atoms with Gasteiger partial charge >= 0.3 is 6.03 Å². The van der Waals surface area contributed by atoms with Crippen LogP contribution in [0.1, 0.15) is 30.3 Å². The van der Waals surface area contributed by atoms with E-state index in [0.29, 0.717) is 13.1 Å². The van der Waals surface area contributed by atoms with Gasteiger partial charge in [-0.3, -0.25) is 4.98 Å². The standard InChI is InChI=1S/C16H22N6O/c1-21-12-19-20-15(21)13-5-4-10-22(11-13)16(23)18-9-7-14-6-2-3-8-17-14/h2-3,6,8,12-13H,4-5,7,9-11H2,1H3,(H,18,23)/t13-/m0/s1. The zero-order valence-corrected chi connectivity index (χ0v) is 13.4. The van der Waals surface area contributed by atoms with Crippen LogP contribution in [0.15, 0.2) is 30.7 Å². The highest BCUT2D eigenvalue weighted by Gasteiger charge is 2.27. The first-order chi connectivity index (χ1) is 11.2. The molecule has 122 valence electrons. The molecule has 0 unspecified atom stereocenters. The van der Waals surface area contributed by atoms with Crippen LogP contribution in [0.2, 0.25) is 0 Å². The summed E-state index contributed by atoms with van der Waals surface area (Å²) in [7, 11) is 1.95. The van der Waals surface area contributed by atoms with E-state index in [1.54, 1.807) is 12.5 Å². The van der Waals surface area contributed by atoms with Crippen molar-refractivity contribution in [3.63, 3.8) is 0 Å². The molecule has 1 N–H and O–H groups in total. The van der Waals surface area contributed by atoms with Crippen LogP contribution in [0.5, 0.6) is 0 Å². The minimum atomic E-state index is -0.00667. The molecule has 3 rings (SSSR count). The number of pyridine rings is 1. The number of urea groups is 1. The highest BCUT2D eigenvalue weighted by atomic mass is 16.2. The van der Waals surface area contributed by atoms with Crippen molar-refractivity contribution in [1.82, 2.24) is 30.0 Å². The fourth-order valence-corrected chi connectivity index (χ4v) is 2.99. The molecule has 7 nitrogen and oxygen atoms in total. The van der Waals surface area contributed by atoms with Gasteiger partial charge in [-0.15, -0.1) is 10.2 Å². The fourth-order valence-electron chi connectivity index (χ4n) is 2.99. The molecule has 0 spiro atoms. The van der Waals surface area contributed by atoms with Gasteiger partial charge in [-0.05, 0) is 25.0 Å². The third kappa shape index (κ3) is 3.85. The highest BCUT2D eigenvalue weighted by Crippen LogP contribution is 2.24. The molecule has 0 bridgehead atoms. The molecule has 1 aliphatic heterocycles. The highest BCUT2D eigenvalue weighted by molar-refractivity contribution is 5.74. The van der Waals surface area contributed by atoms with E-state index in [2.05, 4.69) is 20.5 Å². The second-order valence-electron chi connectivity index (χ2n) is 5.89. The van der Waals surface area contributed by atoms with Crippen molar-refractivity contribution < 1.29 is 4.79 Å². The van der Waals surface area contributed by atoms with Gasteiger partial charge in [0.15, 0.2) is 0 Å². The number of aryl methyl sites for hydroxylation is 1. The van der Waals surface area contributed by atoms with E-state index in [4.69, 9.17) is 0 Å². The normalized spacial score (nSPS) is 18.0. The first-order valence-electron chi connectivity index (χ1n) is 8.00. The number of rotatable bonds is 4. The van der Waals surface area contributed by atoms with Gasteiger partial charge in [-0.2, -0.15) is 0 Å². The Morgan fingerprint density at radius 2 is 2.35 bits per heavy atom. The number of piperidine rings is 1. The number of nitrogens with one attached hydrogen (secondary N) is 1. The Hall–Kier alpha value is -2.44. The number of carbonyl (C=O) groups excluding carboxylic acids is 1. The molecule has 2 amide bonds. The second kappa shape index (κ2) is 7.21. The van der Waals surface area contributed by atoms with E-state index in [1.807, 2.05) is 34.7 Å². The molecule has 1 aliphatic rings. The summed E-state index contributed by atoms with van der Waals surface area (Å²) in [5.41, 5.74) is 0.989. The second-order valence-corrected chi connectivity index (χ2v) is 5.89. The molecule has 2 aromatic heterocycles. The third-order valence-electron chi connectivity index (χ3n) is 4.20. The van der Waals surface area contributed by atoms with E-state index in [9.17, 15) is 4.79 Å². The van der Waals surface area contributed by atoms with E-state index in [0.717, 1.165) is 37.3 Å². The van der Waals surface area contributed by atoms with Crippen molar-refractivity contribution in [3.05, 3.63) is 42.2 Å². The molecule has 7 heteroatoms. The van der Waals surface area contributed by atoms with Crippen molar-refractivity contribution in [2.75, 3.05) is 19.6 Å². The van der Waals surface area contributed by atoms with Gasteiger partial charge in [0.25, 0.3) is 0 Å². The summed E-state index contributed by atoms with van der Waals surface area (Å²) < 4.78 is 1.94. The molecule has 1 atom stereocenters. The molecule has 2 aromatic rings. The predicted octanol–water partition coefficient (Wildman–Crippen LogP) is 1.34. The summed E-state index contributed by atoms with van der Waals surface area (Å²) in [5.74, 6) is 1.22. The molecule has 0 saturated carbocycles. The molecular formula is C16H22N6O. The van der Waals surface area contributed by atoms with Gasteiger partial charge in [0.05, 0.1) is 0 Å². The van der Waals surface area contributed by atoms with E-state index in [1.165, 1.54) is 0 Å². The van der Waals surface area contributed by atoms with Crippen LogP contribution in [0, 0.1) is 0 Å². The number of amides is 2. The Kier molecular flexibility index (Phi) is 4.85. The Morgan fingerprint density at radius 3 is 3.09 bits per heavy atom. The largest absolute Gasteiger partial charge is 0.338 e. The summed E-state index contributed by atoms with van der Waals surface area (Å²) in [6.07, 6.45) is 6.26. The topological polar surface area (TPSA) is 75.9 Å². The Balaban J connectivity index is 1.50. The molecular weight excluding hydrogens is 292 g/mol. The lowest BCUT2D eigenvalue weighted by atomic mass is 9.97. The smallest absolute Gasteiger partial charge is 0.317 e. The molecule has 0 radical (unpaired) electrons. The number of nitrogens with zero attached hydrogens (tertiary/aromatic N) is 5. The molecule has 1 saturated heterocycles. The monoisotopic (exact) mass is 314 g/mol. The number of hydrogen-bond donors (Lipinski definition) is 1. The van der Waals surface area contributed by atoms with Gasteiger partial charge in [0.2, 0.25) is 0 Å². The summed E-state index contributed by atoms with van der Waals surface area (Å²) in [6.45, 7) is 2.09. The summed E-state index contributed by atoms with van der Waals surface area (Å²) >= 11 is 0. The molecule has 23 heavy (non-hydrogen) atoms. The predicted molar refractivity (Wildman–Crippen MR) is 85.9 cm³/mol. The van der Waals surface area contributed by atoms with E-state index in [-0.39, 0.29) is 11.9 Å². The minimum Gasteiger partial charge on any atom is -0.338 e. The fraction of sp³-hybridized carbons (Fsp3) is 0.500. The van der Waals surface area contributed by atoms with Gasteiger partial charge in [0.1, 0.15) is 12.2 Å². The van der Waals surface area contributed by atoms with Gasteiger partial charge < -0.3 is 14.8 Å². The van der Waals surface area contributed by atoms with Gasteiger partial charge in [0, 0.05) is 50.9 Å². The van der Waals surface area contributed by atoms with Gasteiger partial charge in [-0.1, -0.05) is 6.07 Å². The van der Waals surface area contributed by atoms with Crippen LogP contribution in [0.25, 0.3) is 0 Å². The van der Waals surface area contributed by atoms with Crippen LogP contribution in [0.3, 0.4) is 0 Å². The van der Waals surface area contributed by atoms with Crippen LogP contribution >= 0.6 is 0 Å². The summed E-state index contributed by atoms with van der Waals surface area (Å²) in [4.78, 5) is 18.5. The van der Waals surface area contributed by atoms with Gasteiger partial charge in [-0.25, -0.2) is 4.79 Å². The van der Waals surface area contributed by atoms with E-state index < -0.39 is 0 Å². The lowest BCUT2D eigenvalue weighted by Crippen LogP contribution is -2.45. The van der Waals surface area contributed by atoms with Crippen molar-refractivity contribution in [1.29, 1.82) is 0 Å². The lowest BCUT2D eigenvalue weighted by molar-refractivity contribution is 0.178. The van der Waals surface area contributed by atoms with Crippen LogP contribution < -0.4 is 5.32 Å². The number of aromatic nitrogens is 4. The summed E-state index contributed by atoms with van der Waals surface area (Å²) in [6, 6.07) is 5.81. The van der Waals surface area contributed by atoms with Crippen molar-refractivity contribution >= 4 is 6.03 Å². The maximum absolute atomic E-state index is 12.3. The average Bonchev–Trinajstić information content (AvgIpc) is 3.02. The molecule has 0 aromatic carbocycles. The number of likely N-dealkylation sites (tertiary alicyclic amines) is 1.